The molecule has 0 unspecified atom stereocenters. The van der Waals surface area contributed by atoms with Gasteiger partial charge in [0.2, 0.25) is 0 Å². The fourth-order valence-electron chi connectivity index (χ4n) is 4.18. The van der Waals surface area contributed by atoms with Crippen LogP contribution >= 0.6 is 0 Å². The number of aliphatic hydroxyl groups is 1. The lowest BCUT2D eigenvalue weighted by atomic mass is 9.53. The van der Waals surface area contributed by atoms with Crippen molar-refractivity contribution in [1.82, 2.24) is 0 Å². The SMILES string of the molecule is C=C1C[C@@]23C=CCC[C@]2(C)[C@@H](O)C[C@@H]1C3. The zero-order chi connectivity index (χ0) is 10.7. The highest BCUT2D eigenvalue weighted by Gasteiger charge is 2.59. The van der Waals surface area contributed by atoms with Crippen molar-refractivity contribution in [2.24, 2.45) is 16.7 Å². The van der Waals surface area contributed by atoms with Crippen molar-refractivity contribution in [3.63, 3.8) is 0 Å². The molecule has 2 fully saturated rings. The zero-order valence-electron chi connectivity index (χ0n) is 9.50. The summed E-state index contributed by atoms with van der Waals surface area (Å²) in [7, 11) is 0. The van der Waals surface area contributed by atoms with Crippen LogP contribution in [0, 0.1) is 16.7 Å². The summed E-state index contributed by atoms with van der Waals surface area (Å²) in [4.78, 5) is 0. The van der Waals surface area contributed by atoms with Gasteiger partial charge in [0, 0.05) is 10.8 Å². The summed E-state index contributed by atoms with van der Waals surface area (Å²) in [6, 6.07) is 0. The molecular formula is C14H20O. The molecule has 1 heteroatoms. The lowest BCUT2D eigenvalue weighted by Crippen LogP contribution is -2.50. The molecule has 1 nitrogen and oxygen atoms in total. The summed E-state index contributed by atoms with van der Waals surface area (Å²) in [5.41, 5.74) is 1.73. The molecule has 0 aliphatic heterocycles. The van der Waals surface area contributed by atoms with Crippen LogP contribution in [0.3, 0.4) is 0 Å². The van der Waals surface area contributed by atoms with Gasteiger partial charge in [-0.05, 0) is 38.0 Å². The highest BCUT2D eigenvalue weighted by molar-refractivity contribution is 5.29. The summed E-state index contributed by atoms with van der Waals surface area (Å²) in [5, 5.41) is 10.4. The highest BCUT2D eigenvalue weighted by Crippen LogP contribution is 2.65. The van der Waals surface area contributed by atoms with Crippen molar-refractivity contribution in [2.75, 3.05) is 0 Å². The smallest absolute Gasteiger partial charge is 0.0608 e. The largest absolute Gasteiger partial charge is 0.393 e. The van der Waals surface area contributed by atoms with Gasteiger partial charge in [-0.25, -0.2) is 0 Å². The summed E-state index contributed by atoms with van der Waals surface area (Å²) in [6.07, 6.45) is 10.2. The fraction of sp³-hybridized carbons (Fsp3) is 0.714. The van der Waals surface area contributed by atoms with Crippen LogP contribution in [-0.2, 0) is 0 Å². The minimum atomic E-state index is -0.125. The van der Waals surface area contributed by atoms with Crippen LogP contribution in [0.5, 0.6) is 0 Å². The first kappa shape index (κ1) is 9.65. The van der Waals surface area contributed by atoms with Gasteiger partial charge in [-0.2, -0.15) is 0 Å². The first-order valence-corrected chi connectivity index (χ1v) is 6.11. The van der Waals surface area contributed by atoms with Gasteiger partial charge < -0.3 is 5.11 Å². The number of rotatable bonds is 0. The maximum Gasteiger partial charge on any atom is 0.0608 e. The van der Waals surface area contributed by atoms with Crippen molar-refractivity contribution in [2.45, 2.75) is 45.1 Å². The lowest BCUT2D eigenvalue weighted by molar-refractivity contribution is -0.0824. The molecule has 15 heavy (non-hydrogen) atoms. The lowest BCUT2D eigenvalue weighted by Gasteiger charge is -2.53. The molecule has 3 aliphatic carbocycles. The standard InChI is InChI=1S/C14H20O/c1-10-8-14-6-4-3-5-13(14,2)12(15)7-11(10)9-14/h4,6,11-12,15H,1,3,5,7-9H2,2H3/t11-,12+,13-,14-/m1/s1. The second-order valence-electron chi connectivity index (χ2n) is 6.00. The van der Waals surface area contributed by atoms with E-state index in [0.717, 1.165) is 25.7 Å². The minimum absolute atomic E-state index is 0.109. The van der Waals surface area contributed by atoms with E-state index >= 15 is 0 Å². The molecule has 1 spiro atoms. The zero-order valence-corrected chi connectivity index (χ0v) is 9.50. The highest BCUT2D eigenvalue weighted by atomic mass is 16.3. The molecule has 82 valence electrons. The van der Waals surface area contributed by atoms with Crippen molar-refractivity contribution >= 4 is 0 Å². The molecule has 1 N–H and O–H groups in total. The van der Waals surface area contributed by atoms with E-state index in [1.807, 2.05) is 0 Å². The van der Waals surface area contributed by atoms with Crippen molar-refractivity contribution < 1.29 is 5.11 Å². The van der Waals surface area contributed by atoms with E-state index in [2.05, 4.69) is 25.7 Å². The Hall–Kier alpha value is -0.560. The van der Waals surface area contributed by atoms with Gasteiger partial charge in [0.05, 0.1) is 6.10 Å². The Morgan fingerprint density at radius 1 is 1.53 bits per heavy atom. The van der Waals surface area contributed by atoms with Crippen molar-refractivity contribution in [1.29, 1.82) is 0 Å². The first-order valence-electron chi connectivity index (χ1n) is 6.11. The molecule has 0 radical (unpaired) electrons. The summed E-state index contributed by atoms with van der Waals surface area (Å²) < 4.78 is 0. The summed E-state index contributed by atoms with van der Waals surface area (Å²) >= 11 is 0. The predicted octanol–water partition coefficient (Wildman–Crippen LogP) is 3.06. The van der Waals surface area contributed by atoms with E-state index in [-0.39, 0.29) is 16.9 Å². The third kappa shape index (κ3) is 1.02. The average Bonchev–Trinajstić information content (AvgIpc) is 2.46. The van der Waals surface area contributed by atoms with Gasteiger partial charge in [-0.15, -0.1) is 0 Å². The average molecular weight is 204 g/mol. The third-order valence-corrected chi connectivity index (χ3v) is 5.38. The molecule has 2 saturated carbocycles. The molecule has 0 aromatic heterocycles. The Kier molecular flexibility index (Phi) is 1.78. The van der Waals surface area contributed by atoms with E-state index < -0.39 is 0 Å². The van der Waals surface area contributed by atoms with Gasteiger partial charge in [0.1, 0.15) is 0 Å². The molecule has 3 aliphatic rings. The van der Waals surface area contributed by atoms with E-state index in [1.165, 1.54) is 12.0 Å². The second-order valence-corrected chi connectivity index (χ2v) is 6.00. The van der Waals surface area contributed by atoms with E-state index in [4.69, 9.17) is 0 Å². The topological polar surface area (TPSA) is 20.2 Å². The minimum Gasteiger partial charge on any atom is -0.393 e. The van der Waals surface area contributed by atoms with Crippen LogP contribution in [0.1, 0.15) is 39.0 Å². The van der Waals surface area contributed by atoms with Crippen molar-refractivity contribution in [3.8, 4) is 0 Å². The molecule has 3 rings (SSSR count). The molecule has 2 bridgehead atoms. The Morgan fingerprint density at radius 3 is 3.13 bits per heavy atom. The number of aliphatic hydroxyl groups excluding tert-OH is 1. The van der Waals surface area contributed by atoms with Gasteiger partial charge in [0.15, 0.2) is 0 Å². The first-order chi connectivity index (χ1) is 7.07. The predicted molar refractivity (Wildman–Crippen MR) is 61.4 cm³/mol. The van der Waals surface area contributed by atoms with Gasteiger partial charge in [-0.3, -0.25) is 0 Å². The summed E-state index contributed by atoms with van der Waals surface area (Å²) in [6.45, 7) is 6.49. The second kappa shape index (κ2) is 2.76. The Balaban J connectivity index is 2.11. The van der Waals surface area contributed by atoms with Crippen LogP contribution in [0.2, 0.25) is 0 Å². The van der Waals surface area contributed by atoms with E-state index in [9.17, 15) is 5.11 Å². The molecule has 0 aromatic carbocycles. The van der Waals surface area contributed by atoms with Crippen LogP contribution in [-0.4, -0.2) is 11.2 Å². The number of hydrogen-bond donors (Lipinski definition) is 1. The molecule has 0 aromatic rings. The van der Waals surface area contributed by atoms with E-state index in [0.29, 0.717) is 5.92 Å². The van der Waals surface area contributed by atoms with Gasteiger partial charge in [-0.1, -0.05) is 31.2 Å². The number of allylic oxidation sites excluding steroid dienone is 3. The molecule has 0 amide bonds. The molecule has 0 saturated heterocycles. The maximum atomic E-state index is 10.4. The Morgan fingerprint density at radius 2 is 2.33 bits per heavy atom. The number of fused-ring (bicyclic) bond motifs is 1. The number of hydrogen-bond acceptors (Lipinski definition) is 1. The monoisotopic (exact) mass is 204 g/mol. The van der Waals surface area contributed by atoms with Crippen LogP contribution in [0.25, 0.3) is 0 Å². The maximum absolute atomic E-state index is 10.4. The Labute approximate surface area is 91.9 Å². The van der Waals surface area contributed by atoms with Crippen LogP contribution < -0.4 is 0 Å². The van der Waals surface area contributed by atoms with E-state index in [1.54, 1.807) is 0 Å². The van der Waals surface area contributed by atoms with Crippen LogP contribution in [0.4, 0.5) is 0 Å². The molecule has 4 atom stereocenters. The molecule has 0 heterocycles. The van der Waals surface area contributed by atoms with Crippen molar-refractivity contribution in [3.05, 3.63) is 24.3 Å². The third-order valence-electron chi connectivity index (χ3n) is 5.38. The summed E-state index contributed by atoms with van der Waals surface area (Å²) in [5.74, 6) is 0.579. The molecular weight excluding hydrogens is 184 g/mol. The van der Waals surface area contributed by atoms with Gasteiger partial charge in [0.25, 0.3) is 0 Å². The normalized spacial score (nSPS) is 53.1. The fourth-order valence-corrected chi connectivity index (χ4v) is 4.18. The van der Waals surface area contributed by atoms with Gasteiger partial charge >= 0.3 is 0 Å². The van der Waals surface area contributed by atoms with Crippen LogP contribution in [0.15, 0.2) is 24.3 Å². The quantitative estimate of drug-likeness (QED) is 0.601. The Bertz CT molecular complexity index is 343.